The maximum Gasteiger partial charge on any atom is 0.309 e. The summed E-state index contributed by atoms with van der Waals surface area (Å²) in [6.07, 6.45) is 1.65. The number of hydrogen-bond donors (Lipinski definition) is 1. The average molecular weight is 597 g/mol. The van der Waals surface area contributed by atoms with Gasteiger partial charge in [-0.2, -0.15) is 0 Å². The zero-order valence-electron chi connectivity index (χ0n) is 24.8. The van der Waals surface area contributed by atoms with Crippen LogP contribution in [0.15, 0.2) is 79.0 Å². The fourth-order valence-corrected chi connectivity index (χ4v) is 5.14. The first-order valence-corrected chi connectivity index (χ1v) is 14.4. The lowest BCUT2D eigenvalue weighted by molar-refractivity contribution is -0.146. The third-order valence-corrected chi connectivity index (χ3v) is 7.73. The summed E-state index contributed by atoms with van der Waals surface area (Å²) >= 11 is 6.08. The quantitative estimate of drug-likeness (QED) is 0.174. The van der Waals surface area contributed by atoms with Gasteiger partial charge in [-0.15, -0.1) is 0 Å². The molecule has 3 heterocycles. The summed E-state index contributed by atoms with van der Waals surface area (Å²) in [5, 5.41) is 11.5. The molecule has 0 saturated carbocycles. The van der Waals surface area contributed by atoms with Gasteiger partial charge in [-0.3, -0.25) is 14.4 Å². The van der Waals surface area contributed by atoms with Crippen LogP contribution in [-0.4, -0.2) is 32.0 Å². The number of aliphatic carboxylic acids is 1. The van der Waals surface area contributed by atoms with Gasteiger partial charge in [0.25, 0.3) is 0 Å². The van der Waals surface area contributed by atoms with E-state index in [1.807, 2.05) is 36.4 Å². The Morgan fingerprint density at radius 3 is 2.28 bits per heavy atom. The lowest BCUT2D eigenvalue weighted by Gasteiger charge is -2.22. The number of aromatic nitrogens is 2. The third kappa shape index (κ3) is 6.04. The number of fused-ring (bicyclic) bond motifs is 2. The highest BCUT2D eigenvalue weighted by molar-refractivity contribution is 6.30. The molecule has 0 aliphatic rings. The van der Waals surface area contributed by atoms with E-state index in [2.05, 4.69) is 4.98 Å². The second-order valence-corrected chi connectivity index (χ2v) is 12.8. The summed E-state index contributed by atoms with van der Waals surface area (Å²) < 4.78 is 7.80. The average Bonchev–Trinajstić information content (AvgIpc) is 3.26. The van der Waals surface area contributed by atoms with E-state index < -0.39 is 16.8 Å². The molecule has 0 radical (unpaired) electrons. The van der Waals surface area contributed by atoms with Crippen LogP contribution in [-0.2, 0) is 17.8 Å². The Labute approximate surface area is 255 Å². The number of halogens is 1. The minimum absolute atomic E-state index is 0.0347. The topological polar surface area (TPSA) is 98.0 Å². The number of carbonyl (C=O) groups excluding carboxylic acids is 2. The van der Waals surface area contributed by atoms with Gasteiger partial charge in [-0.05, 0) is 74.4 Å². The van der Waals surface area contributed by atoms with Crippen LogP contribution in [0, 0.1) is 10.8 Å². The van der Waals surface area contributed by atoms with Gasteiger partial charge in [0, 0.05) is 21.4 Å². The maximum absolute atomic E-state index is 14.1. The van der Waals surface area contributed by atoms with Crippen molar-refractivity contribution in [2.75, 3.05) is 0 Å². The van der Waals surface area contributed by atoms with Crippen molar-refractivity contribution in [1.82, 2.24) is 9.38 Å². The SMILES string of the molecule is CC(C)(C)C(=O)c1c(CC(C)(C)C(=O)O)c(C(=O)c2ccc(Cl)cc2)c2ccc(OCc3ccc4ccccc4n3)cn12. The second-order valence-electron chi connectivity index (χ2n) is 12.4. The summed E-state index contributed by atoms with van der Waals surface area (Å²) in [4.78, 5) is 45.0. The highest BCUT2D eigenvalue weighted by atomic mass is 35.5. The van der Waals surface area contributed by atoms with Crippen molar-refractivity contribution in [1.29, 1.82) is 0 Å². The fraction of sp³-hybridized carbons (Fsp3) is 0.257. The standard InChI is InChI=1S/C35H33ClN2O5/c1-34(2,3)32(40)30-26(18-35(4,5)33(41)42)29(31(39)22-10-13-23(36)14-11-22)28-17-16-25(19-38(28)30)43-20-24-15-12-21-8-6-7-9-27(21)37-24/h6-17,19H,18,20H2,1-5H3,(H,41,42). The van der Waals surface area contributed by atoms with Crippen LogP contribution >= 0.6 is 11.6 Å². The van der Waals surface area contributed by atoms with Crippen LogP contribution in [0.4, 0.5) is 0 Å². The number of para-hydroxylation sites is 1. The van der Waals surface area contributed by atoms with Crippen LogP contribution in [0.5, 0.6) is 5.75 Å². The van der Waals surface area contributed by atoms with Crippen molar-refractivity contribution in [3.63, 3.8) is 0 Å². The predicted molar refractivity (Wildman–Crippen MR) is 167 cm³/mol. The molecule has 5 rings (SSSR count). The highest BCUT2D eigenvalue weighted by Crippen LogP contribution is 2.37. The monoisotopic (exact) mass is 596 g/mol. The Balaban J connectivity index is 1.67. The molecule has 0 aliphatic carbocycles. The predicted octanol–water partition coefficient (Wildman–Crippen LogP) is 7.83. The Morgan fingerprint density at radius 2 is 1.60 bits per heavy atom. The Morgan fingerprint density at radius 1 is 0.907 bits per heavy atom. The van der Waals surface area contributed by atoms with E-state index in [4.69, 9.17) is 16.3 Å². The van der Waals surface area contributed by atoms with Crippen LogP contribution in [0.25, 0.3) is 16.4 Å². The van der Waals surface area contributed by atoms with Gasteiger partial charge in [-0.25, -0.2) is 4.98 Å². The molecule has 43 heavy (non-hydrogen) atoms. The van der Waals surface area contributed by atoms with Crippen molar-refractivity contribution in [3.8, 4) is 5.75 Å². The number of pyridine rings is 2. The van der Waals surface area contributed by atoms with Crippen LogP contribution in [0.1, 0.15) is 72.3 Å². The number of carboxylic acids is 1. The number of benzene rings is 2. The maximum atomic E-state index is 14.1. The fourth-order valence-electron chi connectivity index (χ4n) is 5.01. The molecule has 8 heteroatoms. The van der Waals surface area contributed by atoms with E-state index in [0.717, 1.165) is 16.6 Å². The first kappa shape index (κ1) is 30.0. The molecule has 0 saturated heterocycles. The molecule has 3 aromatic heterocycles. The molecule has 5 aromatic rings. The van der Waals surface area contributed by atoms with Gasteiger partial charge in [0.1, 0.15) is 12.4 Å². The third-order valence-electron chi connectivity index (χ3n) is 7.48. The second kappa shape index (κ2) is 11.3. The van der Waals surface area contributed by atoms with E-state index in [0.29, 0.717) is 27.4 Å². The largest absolute Gasteiger partial charge is 0.486 e. The van der Waals surface area contributed by atoms with E-state index in [9.17, 15) is 19.5 Å². The smallest absolute Gasteiger partial charge is 0.309 e. The normalized spacial score (nSPS) is 12.0. The number of ether oxygens (including phenoxy) is 1. The molecule has 2 aromatic carbocycles. The van der Waals surface area contributed by atoms with Gasteiger partial charge < -0.3 is 14.2 Å². The molecule has 0 amide bonds. The molecule has 220 valence electrons. The molecular weight excluding hydrogens is 564 g/mol. The number of carboxylic acid groups (broad SMARTS) is 1. The summed E-state index contributed by atoms with van der Waals surface area (Å²) in [5.41, 5.74) is 1.33. The van der Waals surface area contributed by atoms with E-state index in [1.54, 1.807) is 81.6 Å². The van der Waals surface area contributed by atoms with E-state index in [1.165, 1.54) is 0 Å². The molecule has 0 fully saturated rings. The molecular formula is C35H33ClN2O5. The number of Topliss-reactive ketones (excluding diaryl/α,β-unsaturated/α-hetero) is 1. The van der Waals surface area contributed by atoms with Gasteiger partial charge in [0.2, 0.25) is 0 Å². The number of ketones is 2. The first-order valence-electron chi connectivity index (χ1n) is 14.0. The van der Waals surface area contributed by atoms with Gasteiger partial charge >= 0.3 is 5.97 Å². The van der Waals surface area contributed by atoms with Crippen molar-refractivity contribution in [2.24, 2.45) is 10.8 Å². The van der Waals surface area contributed by atoms with Crippen molar-refractivity contribution >= 4 is 45.6 Å². The molecule has 0 bridgehead atoms. The van der Waals surface area contributed by atoms with Gasteiger partial charge in [0.05, 0.1) is 39.6 Å². The molecule has 0 unspecified atom stereocenters. The van der Waals surface area contributed by atoms with Gasteiger partial charge in [0.15, 0.2) is 11.6 Å². The van der Waals surface area contributed by atoms with Crippen LogP contribution in [0.3, 0.4) is 0 Å². The minimum atomic E-state index is -1.26. The van der Waals surface area contributed by atoms with Crippen molar-refractivity contribution in [2.45, 2.75) is 47.6 Å². The molecule has 0 aliphatic heterocycles. The number of nitrogens with zero attached hydrogens (tertiary/aromatic N) is 2. The summed E-state index contributed by atoms with van der Waals surface area (Å²) in [5.74, 6) is -1.11. The molecule has 0 atom stereocenters. The van der Waals surface area contributed by atoms with E-state index in [-0.39, 0.29) is 35.9 Å². The van der Waals surface area contributed by atoms with Crippen LogP contribution < -0.4 is 4.74 Å². The molecule has 1 N–H and O–H groups in total. The first-order chi connectivity index (χ1) is 20.3. The zero-order valence-corrected chi connectivity index (χ0v) is 25.5. The lowest BCUT2D eigenvalue weighted by atomic mass is 9.80. The zero-order chi connectivity index (χ0) is 31.1. The summed E-state index contributed by atoms with van der Waals surface area (Å²) in [6, 6.07) is 21.7. The van der Waals surface area contributed by atoms with Crippen molar-refractivity contribution in [3.05, 3.63) is 112 Å². The van der Waals surface area contributed by atoms with Gasteiger partial charge in [-0.1, -0.05) is 56.6 Å². The molecule has 0 spiro atoms. The van der Waals surface area contributed by atoms with E-state index >= 15 is 0 Å². The van der Waals surface area contributed by atoms with Crippen LogP contribution in [0.2, 0.25) is 5.02 Å². The lowest BCUT2D eigenvalue weighted by Crippen LogP contribution is -2.29. The summed E-state index contributed by atoms with van der Waals surface area (Å²) in [6.45, 7) is 8.76. The molecule has 7 nitrogen and oxygen atoms in total. The Kier molecular flexibility index (Phi) is 7.88. The Bertz CT molecular complexity index is 1880. The minimum Gasteiger partial charge on any atom is -0.486 e. The van der Waals surface area contributed by atoms with Crippen molar-refractivity contribution < 1.29 is 24.2 Å². The number of carbonyl (C=O) groups is 3. The summed E-state index contributed by atoms with van der Waals surface area (Å²) in [7, 11) is 0. The highest BCUT2D eigenvalue weighted by Gasteiger charge is 2.37. The Hall–Kier alpha value is -4.49. The number of rotatable bonds is 9. The number of hydrogen-bond acceptors (Lipinski definition) is 5.